The van der Waals surface area contributed by atoms with Gasteiger partial charge in [-0.1, -0.05) is 26.7 Å². The van der Waals surface area contributed by atoms with Crippen LogP contribution < -0.4 is 4.90 Å². The number of H-pyrrole nitrogens is 1. The third-order valence-electron chi connectivity index (χ3n) is 5.25. The van der Waals surface area contributed by atoms with E-state index in [1.165, 1.54) is 38.5 Å². The summed E-state index contributed by atoms with van der Waals surface area (Å²) in [4.78, 5) is 12.0. The molecule has 0 amide bonds. The van der Waals surface area contributed by atoms with Crippen LogP contribution >= 0.6 is 11.5 Å². The monoisotopic (exact) mass is 346 g/mol. The first-order valence-electron chi connectivity index (χ1n) is 9.25. The minimum atomic E-state index is 0.253. The van der Waals surface area contributed by atoms with Gasteiger partial charge in [0, 0.05) is 29.9 Å². The van der Waals surface area contributed by atoms with Gasteiger partial charge in [0.1, 0.15) is 11.6 Å². The molecule has 2 aliphatic rings. The van der Waals surface area contributed by atoms with E-state index in [-0.39, 0.29) is 6.04 Å². The molecule has 1 aliphatic carbocycles. The molecule has 4 rings (SSSR count). The van der Waals surface area contributed by atoms with Crippen molar-refractivity contribution >= 4 is 16.7 Å². The Bertz CT molecular complexity index is 672. The first-order chi connectivity index (χ1) is 11.7. The zero-order valence-electron chi connectivity index (χ0n) is 14.5. The van der Waals surface area contributed by atoms with Crippen LogP contribution in [-0.2, 0) is 0 Å². The van der Waals surface area contributed by atoms with Crippen LogP contribution in [0.5, 0.6) is 0 Å². The van der Waals surface area contributed by atoms with Gasteiger partial charge in [-0.3, -0.25) is 5.10 Å². The molecule has 2 aromatic rings. The Hall–Kier alpha value is -1.50. The molecule has 1 atom stereocenters. The second-order valence-corrected chi connectivity index (χ2v) is 8.09. The molecule has 2 aromatic heterocycles. The summed E-state index contributed by atoms with van der Waals surface area (Å²) in [7, 11) is 0. The van der Waals surface area contributed by atoms with E-state index >= 15 is 0 Å². The van der Waals surface area contributed by atoms with E-state index < -0.39 is 0 Å². The normalized spacial score (nSPS) is 22.6. The van der Waals surface area contributed by atoms with Crippen molar-refractivity contribution in [3.8, 4) is 0 Å². The van der Waals surface area contributed by atoms with Crippen LogP contribution in [0, 0.1) is 0 Å². The van der Waals surface area contributed by atoms with Crippen molar-refractivity contribution in [3.63, 3.8) is 0 Å². The van der Waals surface area contributed by atoms with Crippen LogP contribution in [-0.4, -0.2) is 31.1 Å². The number of aromatic amines is 1. The molecule has 0 bridgehead atoms. The molecule has 2 fully saturated rings. The van der Waals surface area contributed by atoms with Crippen LogP contribution in [0.3, 0.4) is 0 Å². The summed E-state index contributed by atoms with van der Waals surface area (Å²) in [6, 6.07) is 0.253. The van der Waals surface area contributed by atoms with Crippen molar-refractivity contribution in [1.29, 1.82) is 0 Å². The molecule has 0 spiro atoms. The number of hydrogen-bond acceptors (Lipinski definition) is 6. The summed E-state index contributed by atoms with van der Waals surface area (Å²) >= 11 is 1.56. The predicted octanol–water partition coefficient (Wildman–Crippen LogP) is 4.17. The van der Waals surface area contributed by atoms with Crippen LogP contribution in [0.2, 0.25) is 0 Å². The van der Waals surface area contributed by atoms with Gasteiger partial charge < -0.3 is 4.90 Å². The third kappa shape index (κ3) is 3.06. The Kier molecular flexibility index (Phi) is 4.52. The minimum absolute atomic E-state index is 0.253. The summed E-state index contributed by atoms with van der Waals surface area (Å²) in [6.45, 7) is 5.29. The highest BCUT2D eigenvalue weighted by Crippen LogP contribution is 2.38. The molecule has 1 saturated carbocycles. The second kappa shape index (κ2) is 6.78. The molecular formula is C17H26N6S. The highest BCUT2D eigenvalue weighted by Gasteiger charge is 2.30. The van der Waals surface area contributed by atoms with E-state index in [0.717, 1.165) is 35.6 Å². The van der Waals surface area contributed by atoms with Gasteiger partial charge in [-0.15, -0.1) is 0 Å². The number of rotatable bonds is 4. The Morgan fingerprint density at radius 2 is 1.88 bits per heavy atom. The van der Waals surface area contributed by atoms with Gasteiger partial charge in [0.05, 0.1) is 6.04 Å². The fraction of sp³-hybridized carbons (Fsp3) is 0.765. The topological polar surface area (TPSA) is 70.6 Å². The van der Waals surface area contributed by atoms with Gasteiger partial charge in [-0.25, -0.2) is 9.97 Å². The lowest BCUT2D eigenvalue weighted by Gasteiger charge is -2.33. The highest BCUT2D eigenvalue weighted by molar-refractivity contribution is 7.09. The molecule has 0 radical (unpaired) electrons. The summed E-state index contributed by atoms with van der Waals surface area (Å²) in [5.41, 5.74) is 0. The Morgan fingerprint density at radius 1 is 1.08 bits per heavy atom. The van der Waals surface area contributed by atoms with E-state index in [0.29, 0.717) is 11.8 Å². The van der Waals surface area contributed by atoms with Crippen LogP contribution in [0.4, 0.5) is 5.13 Å². The van der Waals surface area contributed by atoms with Gasteiger partial charge in [0.2, 0.25) is 5.13 Å². The fourth-order valence-corrected chi connectivity index (χ4v) is 4.66. The molecule has 3 heterocycles. The molecule has 1 N–H and O–H groups in total. The number of nitrogens with one attached hydrogen (secondary N) is 1. The average Bonchev–Trinajstić information content (AvgIpc) is 3.34. The van der Waals surface area contributed by atoms with E-state index in [4.69, 9.17) is 9.97 Å². The quantitative estimate of drug-likeness (QED) is 0.899. The highest BCUT2D eigenvalue weighted by atomic mass is 32.1. The summed E-state index contributed by atoms with van der Waals surface area (Å²) in [5.74, 6) is 3.88. The van der Waals surface area contributed by atoms with E-state index in [1.54, 1.807) is 11.5 Å². The molecule has 1 saturated heterocycles. The van der Waals surface area contributed by atoms with Gasteiger partial charge in [-0.2, -0.15) is 9.47 Å². The maximum Gasteiger partial charge on any atom is 0.205 e. The largest absolute Gasteiger partial charge is 0.337 e. The molecule has 130 valence electrons. The summed E-state index contributed by atoms with van der Waals surface area (Å²) in [6.07, 6.45) is 8.68. The molecule has 7 heteroatoms. The van der Waals surface area contributed by atoms with Crippen molar-refractivity contribution in [3.05, 3.63) is 17.5 Å². The van der Waals surface area contributed by atoms with Gasteiger partial charge in [0.15, 0.2) is 5.82 Å². The number of piperidine rings is 1. The molecular weight excluding hydrogens is 320 g/mol. The number of aromatic nitrogens is 5. The summed E-state index contributed by atoms with van der Waals surface area (Å²) < 4.78 is 4.68. The first-order valence-corrected chi connectivity index (χ1v) is 10.0. The lowest BCUT2D eigenvalue weighted by atomic mass is 10.0. The minimum Gasteiger partial charge on any atom is -0.337 e. The van der Waals surface area contributed by atoms with E-state index in [1.807, 2.05) is 0 Å². The lowest BCUT2D eigenvalue weighted by Crippen LogP contribution is -2.34. The fourth-order valence-electron chi connectivity index (χ4n) is 3.83. The Morgan fingerprint density at radius 3 is 2.62 bits per heavy atom. The van der Waals surface area contributed by atoms with Crippen molar-refractivity contribution in [1.82, 2.24) is 24.5 Å². The van der Waals surface area contributed by atoms with Gasteiger partial charge >= 0.3 is 0 Å². The lowest BCUT2D eigenvalue weighted by molar-refractivity contribution is 0.456. The standard InChI is InChI=1S/C17H26N6S/c1-11(2)14-18-16(21-20-14)13-9-5-6-10-23(13)17-19-15(22-24-17)12-7-3-4-8-12/h11-13H,3-10H2,1-2H3,(H,18,20,21). The van der Waals surface area contributed by atoms with Crippen LogP contribution in [0.15, 0.2) is 0 Å². The smallest absolute Gasteiger partial charge is 0.205 e. The maximum atomic E-state index is 4.90. The van der Waals surface area contributed by atoms with Gasteiger partial charge in [-0.05, 0) is 32.1 Å². The van der Waals surface area contributed by atoms with Crippen molar-refractivity contribution < 1.29 is 0 Å². The first kappa shape index (κ1) is 16.0. The zero-order valence-corrected chi connectivity index (χ0v) is 15.3. The maximum absolute atomic E-state index is 4.90. The van der Waals surface area contributed by atoms with E-state index in [2.05, 4.69) is 33.3 Å². The average molecular weight is 347 g/mol. The van der Waals surface area contributed by atoms with Crippen molar-refractivity contribution in [2.24, 2.45) is 0 Å². The molecule has 1 unspecified atom stereocenters. The molecule has 24 heavy (non-hydrogen) atoms. The van der Waals surface area contributed by atoms with Crippen LogP contribution in [0.1, 0.15) is 94.1 Å². The summed E-state index contributed by atoms with van der Waals surface area (Å²) in [5, 5.41) is 8.62. The van der Waals surface area contributed by atoms with Crippen LogP contribution in [0.25, 0.3) is 0 Å². The van der Waals surface area contributed by atoms with Crippen molar-refractivity contribution in [2.45, 2.75) is 76.7 Å². The number of hydrogen-bond donors (Lipinski definition) is 1. The SMILES string of the molecule is CC(C)c1n[nH]c(C2CCCCN2c2nc(C3CCCC3)ns2)n1. The molecule has 1 aliphatic heterocycles. The molecule has 0 aromatic carbocycles. The third-order valence-corrected chi connectivity index (χ3v) is 6.02. The van der Waals surface area contributed by atoms with Gasteiger partial charge in [0.25, 0.3) is 0 Å². The zero-order chi connectivity index (χ0) is 16.5. The second-order valence-electron chi connectivity index (χ2n) is 7.36. The number of nitrogens with zero attached hydrogens (tertiary/aromatic N) is 5. The Balaban J connectivity index is 1.57. The predicted molar refractivity (Wildman–Crippen MR) is 95.5 cm³/mol. The Labute approximate surface area is 147 Å². The van der Waals surface area contributed by atoms with E-state index in [9.17, 15) is 0 Å². The molecule has 6 nitrogen and oxygen atoms in total. The number of anilines is 1. The van der Waals surface area contributed by atoms with Crippen molar-refractivity contribution in [2.75, 3.05) is 11.4 Å².